The smallest absolute Gasteiger partial charge is 0.254 e. The summed E-state index contributed by atoms with van der Waals surface area (Å²) in [6.07, 6.45) is 0. The van der Waals surface area contributed by atoms with Gasteiger partial charge in [-0.2, -0.15) is 0 Å². The van der Waals surface area contributed by atoms with Gasteiger partial charge >= 0.3 is 0 Å². The van der Waals surface area contributed by atoms with E-state index in [1.54, 1.807) is 0 Å². The minimum Gasteiger partial charge on any atom is -0.328 e. The van der Waals surface area contributed by atoms with Gasteiger partial charge in [0.05, 0.1) is 6.04 Å². The maximum atomic E-state index is 13.1. The topological polar surface area (TPSA) is 20.3 Å². The molecule has 0 bridgehead atoms. The minimum absolute atomic E-state index is 0.000822. The Labute approximate surface area is 143 Å². The fourth-order valence-corrected chi connectivity index (χ4v) is 2.82. The molecular formula is C22H21NO. The summed E-state index contributed by atoms with van der Waals surface area (Å²) in [5.41, 5.74) is 2.98. The third-order valence-electron chi connectivity index (χ3n) is 4.23. The normalized spacial score (nSPS) is 11.7. The van der Waals surface area contributed by atoms with Crippen LogP contribution in [0.4, 0.5) is 0 Å². The number of amides is 1. The number of hydrogen-bond acceptors (Lipinski definition) is 1. The summed E-state index contributed by atoms with van der Waals surface area (Å²) in [6.45, 7) is 2.67. The first-order chi connectivity index (χ1) is 11.8. The largest absolute Gasteiger partial charge is 0.328 e. The Morgan fingerprint density at radius 3 is 1.88 bits per heavy atom. The fourth-order valence-electron chi connectivity index (χ4n) is 2.82. The first kappa shape index (κ1) is 16.0. The zero-order valence-electron chi connectivity index (χ0n) is 13.8. The second kappa shape index (κ2) is 7.60. The number of rotatable bonds is 5. The van der Waals surface area contributed by atoms with E-state index in [-0.39, 0.29) is 11.9 Å². The summed E-state index contributed by atoms with van der Waals surface area (Å²) in [5, 5.41) is 0. The third-order valence-corrected chi connectivity index (χ3v) is 4.23. The molecule has 24 heavy (non-hydrogen) atoms. The van der Waals surface area contributed by atoms with Gasteiger partial charge in [0.1, 0.15) is 0 Å². The Kier molecular flexibility index (Phi) is 5.07. The van der Waals surface area contributed by atoms with Crippen molar-refractivity contribution in [2.75, 3.05) is 0 Å². The first-order valence-electron chi connectivity index (χ1n) is 8.20. The van der Waals surface area contributed by atoms with Crippen LogP contribution in [0.5, 0.6) is 0 Å². The zero-order valence-corrected chi connectivity index (χ0v) is 13.8. The summed E-state index contributed by atoms with van der Waals surface area (Å²) in [6, 6.07) is 29.8. The van der Waals surface area contributed by atoms with Crippen LogP contribution in [0.1, 0.15) is 34.5 Å². The maximum absolute atomic E-state index is 13.1. The van der Waals surface area contributed by atoms with Gasteiger partial charge in [0.25, 0.3) is 5.91 Å². The van der Waals surface area contributed by atoms with Crippen molar-refractivity contribution in [2.24, 2.45) is 0 Å². The second-order valence-electron chi connectivity index (χ2n) is 5.87. The highest BCUT2D eigenvalue weighted by Crippen LogP contribution is 2.24. The first-order valence-corrected chi connectivity index (χ1v) is 8.20. The molecule has 2 heteroatoms. The molecule has 0 fully saturated rings. The predicted molar refractivity (Wildman–Crippen MR) is 97.6 cm³/mol. The Morgan fingerprint density at radius 1 is 0.792 bits per heavy atom. The molecule has 3 aromatic rings. The highest BCUT2D eigenvalue weighted by molar-refractivity contribution is 5.94. The van der Waals surface area contributed by atoms with Crippen molar-refractivity contribution in [1.29, 1.82) is 0 Å². The fraction of sp³-hybridized carbons (Fsp3) is 0.136. The lowest BCUT2D eigenvalue weighted by atomic mass is 10.0. The molecule has 3 rings (SSSR count). The van der Waals surface area contributed by atoms with Gasteiger partial charge in [-0.25, -0.2) is 0 Å². The van der Waals surface area contributed by atoms with Gasteiger partial charge in [-0.15, -0.1) is 0 Å². The van der Waals surface area contributed by atoms with Crippen molar-refractivity contribution >= 4 is 5.91 Å². The average molecular weight is 315 g/mol. The summed E-state index contributed by atoms with van der Waals surface area (Å²) in [7, 11) is 0. The molecule has 0 saturated carbocycles. The summed E-state index contributed by atoms with van der Waals surface area (Å²) in [5.74, 6) is 0.0517. The Balaban J connectivity index is 1.93. The molecule has 0 radical (unpaired) electrons. The van der Waals surface area contributed by atoms with Gasteiger partial charge < -0.3 is 4.90 Å². The Morgan fingerprint density at radius 2 is 1.29 bits per heavy atom. The van der Waals surface area contributed by atoms with E-state index in [9.17, 15) is 4.79 Å². The van der Waals surface area contributed by atoms with Crippen molar-refractivity contribution in [3.8, 4) is 0 Å². The van der Waals surface area contributed by atoms with E-state index in [2.05, 4.69) is 31.2 Å². The monoisotopic (exact) mass is 315 g/mol. The molecule has 0 heterocycles. The maximum Gasteiger partial charge on any atom is 0.254 e. The standard InChI is InChI=1S/C22H21NO/c1-18(20-13-7-3-8-14-20)23(17-19-11-5-2-6-12-19)22(24)21-15-9-4-10-16-21/h2-16,18H,17H2,1H3/t18-/m0/s1. The molecule has 3 aromatic carbocycles. The lowest BCUT2D eigenvalue weighted by molar-refractivity contribution is 0.0674. The van der Waals surface area contributed by atoms with Crippen LogP contribution in [0, 0.1) is 0 Å². The lowest BCUT2D eigenvalue weighted by Crippen LogP contribution is -2.33. The van der Waals surface area contributed by atoms with Crippen molar-refractivity contribution in [3.05, 3.63) is 108 Å². The SMILES string of the molecule is C[C@@H](c1ccccc1)N(Cc1ccccc1)C(=O)c1ccccc1. The summed E-state index contributed by atoms with van der Waals surface area (Å²) >= 11 is 0. The van der Waals surface area contributed by atoms with Crippen LogP contribution in [0.25, 0.3) is 0 Å². The van der Waals surface area contributed by atoms with Gasteiger partial charge in [0.15, 0.2) is 0 Å². The number of carbonyl (C=O) groups is 1. The van der Waals surface area contributed by atoms with Crippen LogP contribution >= 0.6 is 0 Å². The van der Waals surface area contributed by atoms with Gasteiger partial charge in [0.2, 0.25) is 0 Å². The Hall–Kier alpha value is -2.87. The van der Waals surface area contributed by atoms with Gasteiger partial charge in [-0.3, -0.25) is 4.79 Å². The molecule has 2 nitrogen and oxygen atoms in total. The molecule has 0 unspecified atom stereocenters. The third kappa shape index (κ3) is 3.72. The minimum atomic E-state index is -0.000822. The van der Waals surface area contributed by atoms with Crippen molar-refractivity contribution < 1.29 is 4.79 Å². The van der Waals surface area contributed by atoms with Crippen LogP contribution in [0.2, 0.25) is 0 Å². The van der Waals surface area contributed by atoms with E-state index in [0.29, 0.717) is 6.54 Å². The van der Waals surface area contributed by atoms with Crippen LogP contribution in [0.3, 0.4) is 0 Å². The number of carbonyl (C=O) groups excluding carboxylic acids is 1. The average Bonchev–Trinajstić information content (AvgIpc) is 2.67. The van der Waals surface area contributed by atoms with E-state index >= 15 is 0 Å². The second-order valence-corrected chi connectivity index (χ2v) is 5.87. The molecule has 0 N–H and O–H groups in total. The van der Waals surface area contributed by atoms with E-state index in [1.807, 2.05) is 71.6 Å². The molecule has 0 spiro atoms. The van der Waals surface area contributed by atoms with Gasteiger partial charge in [-0.1, -0.05) is 78.9 Å². The molecule has 120 valence electrons. The van der Waals surface area contributed by atoms with Crippen molar-refractivity contribution in [3.63, 3.8) is 0 Å². The lowest BCUT2D eigenvalue weighted by Gasteiger charge is -2.30. The molecule has 1 atom stereocenters. The van der Waals surface area contributed by atoms with E-state index in [1.165, 1.54) is 0 Å². The van der Waals surface area contributed by atoms with Gasteiger partial charge in [-0.05, 0) is 30.2 Å². The van der Waals surface area contributed by atoms with Crippen molar-refractivity contribution in [2.45, 2.75) is 19.5 Å². The molecule has 0 aliphatic rings. The van der Waals surface area contributed by atoms with Crippen LogP contribution < -0.4 is 0 Å². The highest BCUT2D eigenvalue weighted by atomic mass is 16.2. The summed E-state index contributed by atoms with van der Waals surface area (Å²) < 4.78 is 0. The molecule has 1 amide bonds. The molecule has 0 aliphatic carbocycles. The highest BCUT2D eigenvalue weighted by Gasteiger charge is 2.22. The zero-order chi connectivity index (χ0) is 16.8. The van der Waals surface area contributed by atoms with E-state index in [4.69, 9.17) is 0 Å². The Bertz CT molecular complexity index is 769. The van der Waals surface area contributed by atoms with E-state index < -0.39 is 0 Å². The van der Waals surface area contributed by atoms with Crippen molar-refractivity contribution in [1.82, 2.24) is 4.90 Å². The summed E-state index contributed by atoms with van der Waals surface area (Å²) in [4.78, 5) is 15.0. The van der Waals surface area contributed by atoms with Crippen LogP contribution in [-0.4, -0.2) is 10.8 Å². The van der Waals surface area contributed by atoms with E-state index in [0.717, 1.165) is 16.7 Å². The number of hydrogen-bond donors (Lipinski definition) is 0. The number of nitrogens with zero attached hydrogens (tertiary/aromatic N) is 1. The molecular weight excluding hydrogens is 294 g/mol. The molecule has 0 aliphatic heterocycles. The number of benzene rings is 3. The molecule has 0 saturated heterocycles. The quantitative estimate of drug-likeness (QED) is 0.642. The molecule has 0 aromatic heterocycles. The van der Waals surface area contributed by atoms with Crippen LogP contribution in [-0.2, 0) is 6.54 Å². The predicted octanol–water partition coefficient (Wildman–Crippen LogP) is 5.09. The van der Waals surface area contributed by atoms with Crippen LogP contribution in [0.15, 0.2) is 91.0 Å². The van der Waals surface area contributed by atoms with Gasteiger partial charge in [0, 0.05) is 12.1 Å².